The highest BCUT2D eigenvalue weighted by Crippen LogP contribution is 2.21. The summed E-state index contributed by atoms with van der Waals surface area (Å²) in [6, 6.07) is 8.70. The largest absolute Gasteiger partial charge is 0.355 e. The van der Waals surface area contributed by atoms with Gasteiger partial charge in [0.2, 0.25) is 5.91 Å². The van der Waals surface area contributed by atoms with Gasteiger partial charge in [-0.25, -0.2) is 0 Å². The number of carbonyl (C=O) groups is 1. The van der Waals surface area contributed by atoms with Crippen LogP contribution in [0.3, 0.4) is 0 Å². The van der Waals surface area contributed by atoms with Crippen molar-refractivity contribution in [2.75, 3.05) is 58.3 Å². The van der Waals surface area contributed by atoms with Gasteiger partial charge in [-0.15, -0.1) is 24.0 Å². The molecule has 1 aromatic carbocycles. The molecule has 2 saturated heterocycles. The number of nitrogens with zero attached hydrogens (tertiary/aromatic N) is 4. The number of benzene rings is 1. The van der Waals surface area contributed by atoms with Crippen LogP contribution in [0.15, 0.2) is 29.3 Å². The van der Waals surface area contributed by atoms with E-state index in [4.69, 9.17) is 0 Å². The fraction of sp³-hybridized carbons (Fsp3) is 0.619. The van der Waals surface area contributed by atoms with Crippen molar-refractivity contribution >= 4 is 41.5 Å². The molecule has 0 saturated carbocycles. The lowest BCUT2D eigenvalue weighted by atomic mass is 10.2. The second-order valence-corrected chi connectivity index (χ2v) is 7.81. The first-order valence-corrected chi connectivity index (χ1v) is 10.3. The number of hydrogen-bond acceptors (Lipinski definition) is 4. The van der Waals surface area contributed by atoms with E-state index in [0.717, 1.165) is 57.3 Å². The number of carbonyl (C=O) groups excluding carboxylic acids is 1. The fourth-order valence-electron chi connectivity index (χ4n) is 3.76. The van der Waals surface area contributed by atoms with Crippen molar-refractivity contribution in [1.29, 1.82) is 0 Å². The number of rotatable bonds is 6. The molecule has 1 amide bonds. The number of hydrogen-bond donors (Lipinski definition) is 2. The van der Waals surface area contributed by atoms with Gasteiger partial charge >= 0.3 is 0 Å². The number of aliphatic imine (C=N–C) groups is 1. The van der Waals surface area contributed by atoms with Crippen LogP contribution in [-0.4, -0.2) is 81.1 Å². The molecule has 0 aromatic heterocycles. The SMILES string of the molecule is CN=C(NCc1ccc(N2CCCC2=O)cc1)NCC(C)N1CCN(C)CC1.I. The van der Waals surface area contributed by atoms with Gasteiger partial charge in [-0.2, -0.15) is 0 Å². The van der Waals surface area contributed by atoms with Gasteiger partial charge in [0.1, 0.15) is 0 Å². The molecular weight excluding hydrogens is 479 g/mol. The Morgan fingerprint density at radius 3 is 2.38 bits per heavy atom. The third-order valence-corrected chi connectivity index (χ3v) is 5.73. The first kappa shape index (κ1) is 23.9. The van der Waals surface area contributed by atoms with Crippen molar-refractivity contribution in [3.63, 3.8) is 0 Å². The summed E-state index contributed by atoms with van der Waals surface area (Å²) in [5, 5.41) is 6.82. The second kappa shape index (κ2) is 11.7. The molecule has 2 aliphatic rings. The Hall–Kier alpha value is -1.39. The van der Waals surface area contributed by atoms with E-state index >= 15 is 0 Å². The fourth-order valence-corrected chi connectivity index (χ4v) is 3.76. The minimum Gasteiger partial charge on any atom is -0.355 e. The molecule has 1 aromatic rings. The maximum absolute atomic E-state index is 11.9. The van der Waals surface area contributed by atoms with Crippen LogP contribution in [0.2, 0.25) is 0 Å². The molecule has 3 rings (SSSR count). The van der Waals surface area contributed by atoms with Crippen LogP contribution in [0, 0.1) is 0 Å². The quantitative estimate of drug-likeness (QED) is 0.344. The number of piperazine rings is 1. The van der Waals surface area contributed by atoms with Crippen LogP contribution in [0.4, 0.5) is 5.69 Å². The predicted octanol–water partition coefficient (Wildman–Crippen LogP) is 1.73. The summed E-state index contributed by atoms with van der Waals surface area (Å²) in [5.41, 5.74) is 2.17. The highest BCUT2D eigenvalue weighted by molar-refractivity contribution is 14.0. The molecule has 2 aliphatic heterocycles. The number of guanidine groups is 1. The van der Waals surface area contributed by atoms with E-state index < -0.39 is 0 Å². The predicted molar refractivity (Wildman–Crippen MR) is 130 cm³/mol. The summed E-state index contributed by atoms with van der Waals surface area (Å²) in [6.45, 7) is 9.19. The summed E-state index contributed by atoms with van der Waals surface area (Å²) in [7, 11) is 3.99. The van der Waals surface area contributed by atoms with Crippen LogP contribution in [0.1, 0.15) is 25.3 Å². The highest BCUT2D eigenvalue weighted by atomic mass is 127. The molecule has 1 unspecified atom stereocenters. The lowest BCUT2D eigenvalue weighted by Crippen LogP contribution is -2.52. The first-order valence-electron chi connectivity index (χ1n) is 10.3. The van der Waals surface area contributed by atoms with Gasteiger partial charge in [0, 0.05) is 71.0 Å². The van der Waals surface area contributed by atoms with Crippen LogP contribution < -0.4 is 15.5 Å². The van der Waals surface area contributed by atoms with E-state index in [2.05, 4.69) is 51.5 Å². The van der Waals surface area contributed by atoms with Gasteiger partial charge in [-0.05, 0) is 38.1 Å². The molecule has 162 valence electrons. The topological polar surface area (TPSA) is 63.2 Å². The van der Waals surface area contributed by atoms with Gasteiger partial charge < -0.3 is 20.4 Å². The zero-order chi connectivity index (χ0) is 19.9. The van der Waals surface area contributed by atoms with Crippen molar-refractivity contribution in [1.82, 2.24) is 20.4 Å². The second-order valence-electron chi connectivity index (χ2n) is 7.81. The van der Waals surface area contributed by atoms with Gasteiger partial charge in [0.25, 0.3) is 0 Å². The minimum absolute atomic E-state index is 0. The molecule has 2 heterocycles. The van der Waals surface area contributed by atoms with E-state index in [9.17, 15) is 4.79 Å². The van der Waals surface area contributed by atoms with Crippen molar-refractivity contribution in [3.05, 3.63) is 29.8 Å². The summed E-state index contributed by atoms with van der Waals surface area (Å²) in [6.07, 6.45) is 1.62. The molecule has 8 heteroatoms. The summed E-state index contributed by atoms with van der Waals surface area (Å²) >= 11 is 0. The number of halogens is 1. The van der Waals surface area contributed by atoms with E-state index in [1.54, 1.807) is 7.05 Å². The average Bonchev–Trinajstić information content (AvgIpc) is 3.15. The Labute approximate surface area is 191 Å². The maximum atomic E-state index is 11.9. The van der Waals surface area contributed by atoms with E-state index in [1.807, 2.05) is 17.0 Å². The lowest BCUT2D eigenvalue weighted by molar-refractivity contribution is -0.117. The monoisotopic (exact) mass is 514 g/mol. The molecule has 0 spiro atoms. The summed E-state index contributed by atoms with van der Waals surface area (Å²) < 4.78 is 0. The Morgan fingerprint density at radius 1 is 1.10 bits per heavy atom. The van der Waals surface area contributed by atoms with Gasteiger partial charge in [0.05, 0.1) is 0 Å². The van der Waals surface area contributed by atoms with Crippen molar-refractivity contribution < 1.29 is 4.79 Å². The average molecular weight is 514 g/mol. The molecule has 2 N–H and O–H groups in total. The van der Waals surface area contributed by atoms with E-state index in [1.165, 1.54) is 5.56 Å². The molecule has 0 aliphatic carbocycles. The Bertz CT molecular complexity index is 672. The molecule has 0 radical (unpaired) electrons. The smallest absolute Gasteiger partial charge is 0.227 e. The summed E-state index contributed by atoms with van der Waals surface area (Å²) in [4.78, 5) is 23.0. The highest BCUT2D eigenvalue weighted by Gasteiger charge is 2.21. The zero-order valence-electron chi connectivity index (χ0n) is 17.9. The van der Waals surface area contributed by atoms with Crippen molar-refractivity contribution in [2.24, 2.45) is 4.99 Å². The van der Waals surface area contributed by atoms with Gasteiger partial charge in [-0.3, -0.25) is 14.7 Å². The zero-order valence-corrected chi connectivity index (χ0v) is 20.2. The van der Waals surface area contributed by atoms with E-state index in [-0.39, 0.29) is 29.9 Å². The molecule has 1 atom stereocenters. The molecule has 2 fully saturated rings. The van der Waals surface area contributed by atoms with Crippen molar-refractivity contribution in [3.8, 4) is 0 Å². The van der Waals surface area contributed by atoms with Gasteiger partial charge in [-0.1, -0.05) is 12.1 Å². The lowest BCUT2D eigenvalue weighted by Gasteiger charge is -2.36. The molecule has 29 heavy (non-hydrogen) atoms. The van der Waals surface area contributed by atoms with Crippen LogP contribution in [0.25, 0.3) is 0 Å². The Balaban J connectivity index is 0.00000300. The normalized spacial score (nSPS) is 19.8. The molecule has 7 nitrogen and oxygen atoms in total. The number of nitrogens with one attached hydrogen (secondary N) is 2. The third-order valence-electron chi connectivity index (χ3n) is 5.73. The Morgan fingerprint density at radius 2 is 1.79 bits per heavy atom. The molecule has 0 bridgehead atoms. The van der Waals surface area contributed by atoms with Crippen LogP contribution >= 0.6 is 24.0 Å². The number of amides is 1. The number of anilines is 1. The van der Waals surface area contributed by atoms with Gasteiger partial charge in [0.15, 0.2) is 5.96 Å². The van der Waals surface area contributed by atoms with Crippen molar-refractivity contribution in [2.45, 2.75) is 32.4 Å². The van der Waals surface area contributed by atoms with Crippen LogP contribution in [0.5, 0.6) is 0 Å². The standard InChI is InChI=1S/C21H34N6O.HI/c1-17(26-13-11-25(3)12-14-26)15-23-21(22-2)24-16-18-6-8-19(9-7-18)27-10-4-5-20(27)28;/h6-9,17H,4-5,10-16H2,1-3H3,(H2,22,23,24);1H. The minimum atomic E-state index is 0. The molecular formula is C21H35IN6O. The number of likely N-dealkylation sites (N-methyl/N-ethyl adjacent to an activating group) is 1. The summed E-state index contributed by atoms with van der Waals surface area (Å²) in [5.74, 6) is 1.05. The van der Waals surface area contributed by atoms with Crippen LogP contribution in [-0.2, 0) is 11.3 Å². The maximum Gasteiger partial charge on any atom is 0.227 e. The van der Waals surface area contributed by atoms with E-state index in [0.29, 0.717) is 19.0 Å². The third kappa shape index (κ3) is 6.82. The first-order chi connectivity index (χ1) is 13.6. The Kier molecular flexibility index (Phi) is 9.64.